The summed E-state index contributed by atoms with van der Waals surface area (Å²) in [5, 5.41) is 5.58. The number of nitrogens with one attached hydrogen (secondary N) is 2. The molecule has 0 aliphatic carbocycles. The van der Waals surface area contributed by atoms with Crippen molar-refractivity contribution in [1.82, 2.24) is 10.2 Å². The average molecular weight is 383 g/mol. The predicted octanol–water partition coefficient (Wildman–Crippen LogP) is 2.41. The lowest BCUT2D eigenvalue weighted by molar-refractivity contribution is 0.0526. The highest BCUT2D eigenvalue weighted by Gasteiger charge is 2.10. The van der Waals surface area contributed by atoms with E-state index < -0.39 is 5.97 Å². The first-order chi connectivity index (χ1) is 13.4. The van der Waals surface area contributed by atoms with Crippen LogP contribution in [0, 0.1) is 0 Å². The van der Waals surface area contributed by atoms with Crippen LogP contribution in [0.15, 0.2) is 48.5 Å². The first-order valence-corrected chi connectivity index (χ1v) is 9.02. The van der Waals surface area contributed by atoms with Gasteiger partial charge in [0, 0.05) is 29.9 Å². The quantitative estimate of drug-likeness (QED) is 0.684. The van der Waals surface area contributed by atoms with Crippen LogP contribution in [-0.2, 0) is 4.74 Å². The van der Waals surface area contributed by atoms with Crippen LogP contribution < -0.4 is 10.6 Å². The molecule has 148 valence electrons. The minimum Gasteiger partial charge on any atom is -0.462 e. The highest BCUT2D eigenvalue weighted by molar-refractivity contribution is 6.05. The summed E-state index contributed by atoms with van der Waals surface area (Å²) < 4.78 is 4.92. The van der Waals surface area contributed by atoms with Crippen molar-refractivity contribution in [2.24, 2.45) is 0 Å². The number of anilines is 1. The number of esters is 1. The summed E-state index contributed by atoms with van der Waals surface area (Å²) >= 11 is 0. The number of hydrogen-bond acceptors (Lipinski definition) is 5. The number of likely N-dealkylation sites (N-methyl/N-ethyl adjacent to an activating group) is 1. The number of carbonyl (C=O) groups is 3. The maximum Gasteiger partial charge on any atom is 0.338 e. The highest BCUT2D eigenvalue weighted by Crippen LogP contribution is 2.13. The molecule has 0 radical (unpaired) electrons. The Morgan fingerprint density at radius 2 is 1.39 bits per heavy atom. The lowest BCUT2D eigenvalue weighted by Gasteiger charge is -2.11. The summed E-state index contributed by atoms with van der Waals surface area (Å²) in [6.45, 7) is 3.35. The molecule has 0 aliphatic heterocycles. The molecule has 0 spiro atoms. The number of hydrogen-bond donors (Lipinski definition) is 2. The lowest BCUT2D eigenvalue weighted by Crippen LogP contribution is -2.31. The van der Waals surface area contributed by atoms with Crippen molar-refractivity contribution in [2.45, 2.75) is 6.92 Å². The van der Waals surface area contributed by atoms with Crippen LogP contribution >= 0.6 is 0 Å². The summed E-state index contributed by atoms with van der Waals surface area (Å²) in [5.74, 6) is -0.883. The third kappa shape index (κ3) is 6.21. The lowest BCUT2D eigenvalue weighted by atomic mass is 10.1. The summed E-state index contributed by atoms with van der Waals surface area (Å²) in [5.41, 5.74) is 1.90. The Balaban J connectivity index is 1.93. The topological polar surface area (TPSA) is 87.7 Å². The second-order valence-corrected chi connectivity index (χ2v) is 6.39. The van der Waals surface area contributed by atoms with Crippen LogP contribution in [0.2, 0.25) is 0 Å². The fourth-order valence-electron chi connectivity index (χ4n) is 2.38. The molecule has 0 unspecified atom stereocenters. The maximum absolute atomic E-state index is 12.4. The Labute approximate surface area is 164 Å². The number of rotatable bonds is 8. The number of amides is 2. The van der Waals surface area contributed by atoms with Crippen molar-refractivity contribution in [3.05, 3.63) is 65.2 Å². The van der Waals surface area contributed by atoms with E-state index in [9.17, 15) is 14.4 Å². The van der Waals surface area contributed by atoms with Gasteiger partial charge in [0.1, 0.15) is 0 Å². The van der Waals surface area contributed by atoms with Gasteiger partial charge in [-0.25, -0.2) is 4.79 Å². The van der Waals surface area contributed by atoms with E-state index >= 15 is 0 Å². The van der Waals surface area contributed by atoms with E-state index in [0.717, 1.165) is 6.54 Å². The van der Waals surface area contributed by atoms with Gasteiger partial charge in [0.2, 0.25) is 0 Å². The van der Waals surface area contributed by atoms with Gasteiger partial charge in [-0.2, -0.15) is 0 Å². The smallest absolute Gasteiger partial charge is 0.338 e. The standard InChI is InChI=1S/C21H25N3O4/c1-4-28-21(27)17-9-11-18(12-10-17)23-20(26)16-7-5-15(6-8-16)19(25)22-13-14-24(2)3/h5-12H,4,13-14H2,1-3H3,(H,22,25)(H,23,26). The first-order valence-electron chi connectivity index (χ1n) is 9.02. The van der Waals surface area contributed by atoms with Crippen molar-refractivity contribution >= 4 is 23.5 Å². The van der Waals surface area contributed by atoms with Crippen LogP contribution in [0.1, 0.15) is 38.0 Å². The van der Waals surface area contributed by atoms with Crippen molar-refractivity contribution in [2.75, 3.05) is 39.1 Å². The van der Waals surface area contributed by atoms with Crippen LogP contribution in [0.5, 0.6) is 0 Å². The van der Waals surface area contributed by atoms with E-state index in [0.29, 0.717) is 35.5 Å². The van der Waals surface area contributed by atoms with Gasteiger partial charge in [0.25, 0.3) is 11.8 Å². The Morgan fingerprint density at radius 1 is 0.857 bits per heavy atom. The second kappa shape index (κ2) is 10.2. The van der Waals surface area contributed by atoms with E-state index in [1.54, 1.807) is 55.5 Å². The molecule has 2 rings (SSSR count). The number of nitrogens with zero attached hydrogens (tertiary/aromatic N) is 1. The third-order valence-corrected chi connectivity index (χ3v) is 3.91. The van der Waals surface area contributed by atoms with Gasteiger partial charge >= 0.3 is 5.97 Å². The van der Waals surface area contributed by atoms with Crippen molar-refractivity contribution in [3.63, 3.8) is 0 Å². The van der Waals surface area contributed by atoms with E-state index in [1.165, 1.54) is 0 Å². The zero-order valence-corrected chi connectivity index (χ0v) is 16.3. The van der Waals surface area contributed by atoms with Crippen LogP contribution in [0.4, 0.5) is 5.69 Å². The SMILES string of the molecule is CCOC(=O)c1ccc(NC(=O)c2ccc(C(=O)NCCN(C)C)cc2)cc1. The number of ether oxygens (including phenoxy) is 1. The summed E-state index contributed by atoms with van der Waals surface area (Å²) in [6.07, 6.45) is 0. The zero-order valence-electron chi connectivity index (χ0n) is 16.3. The monoisotopic (exact) mass is 383 g/mol. The molecule has 7 nitrogen and oxygen atoms in total. The zero-order chi connectivity index (χ0) is 20.5. The van der Waals surface area contributed by atoms with E-state index in [2.05, 4.69) is 10.6 Å². The van der Waals surface area contributed by atoms with Gasteiger partial charge < -0.3 is 20.3 Å². The minimum atomic E-state index is -0.403. The van der Waals surface area contributed by atoms with Gasteiger partial charge in [-0.1, -0.05) is 0 Å². The molecule has 2 aromatic rings. The van der Waals surface area contributed by atoms with Gasteiger partial charge in [-0.05, 0) is 69.6 Å². The third-order valence-electron chi connectivity index (χ3n) is 3.91. The van der Waals surface area contributed by atoms with E-state index in [1.807, 2.05) is 19.0 Å². The normalized spacial score (nSPS) is 10.4. The van der Waals surface area contributed by atoms with Crippen molar-refractivity contribution < 1.29 is 19.1 Å². The molecule has 0 bridgehead atoms. The molecule has 2 amide bonds. The van der Waals surface area contributed by atoms with Crippen LogP contribution in [0.25, 0.3) is 0 Å². The molecule has 28 heavy (non-hydrogen) atoms. The molecular formula is C21H25N3O4. The Hall–Kier alpha value is -3.19. The molecule has 2 aromatic carbocycles. The predicted molar refractivity (Wildman–Crippen MR) is 108 cm³/mol. The minimum absolute atomic E-state index is 0.177. The number of carbonyl (C=O) groups excluding carboxylic acids is 3. The van der Waals surface area contributed by atoms with Crippen molar-refractivity contribution in [1.29, 1.82) is 0 Å². The Bertz CT molecular complexity index is 815. The van der Waals surface area contributed by atoms with Gasteiger partial charge in [0.15, 0.2) is 0 Å². The largest absolute Gasteiger partial charge is 0.462 e. The van der Waals surface area contributed by atoms with Crippen LogP contribution in [0.3, 0.4) is 0 Å². The molecule has 0 saturated heterocycles. The number of benzene rings is 2. The second-order valence-electron chi connectivity index (χ2n) is 6.39. The van der Waals surface area contributed by atoms with Gasteiger partial charge in [0.05, 0.1) is 12.2 Å². The van der Waals surface area contributed by atoms with Gasteiger partial charge in [-0.15, -0.1) is 0 Å². The molecule has 7 heteroatoms. The average Bonchev–Trinajstić information content (AvgIpc) is 2.68. The van der Waals surface area contributed by atoms with Crippen molar-refractivity contribution in [3.8, 4) is 0 Å². The van der Waals surface area contributed by atoms with Crippen LogP contribution in [-0.4, -0.2) is 56.5 Å². The maximum atomic E-state index is 12.4. The summed E-state index contributed by atoms with van der Waals surface area (Å²) in [7, 11) is 3.87. The fraction of sp³-hybridized carbons (Fsp3) is 0.286. The molecule has 0 fully saturated rings. The van der Waals surface area contributed by atoms with E-state index in [4.69, 9.17) is 4.74 Å². The Kier molecular flexibility index (Phi) is 7.71. The first kappa shape index (κ1) is 21.1. The molecule has 0 aliphatic rings. The molecule has 0 saturated carbocycles. The molecule has 2 N–H and O–H groups in total. The summed E-state index contributed by atoms with van der Waals surface area (Å²) in [4.78, 5) is 38.0. The molecule has 0 heterocycles. The Morgan fingerprint density at radius 3 is 1.93 bits per heavy atom. The van der Waals surface area contributed by atoms with Gasteiger partial charge in [-0.3, -0.25) is 9.59 Å². The van der Waals surface area contributed by atoms with E-state index in [-0.39, 0.29) is 11.8 Å². The molecule has 0 aromatic heterocycles. The molecule has 0 atom stereocenters. The molecular weight excluding hydrogens is 358 g/mol. The highest BCUT2D eigenvalue weighted by atomic mass is 16.5. The fourth-order valence-corrected chi connectivity index (χ4v) is 2.38. The summed E-state index contributed by atoms with van der Waals surface area (Å²) in [6, 6.07) is 12.9.